The molecule has 3 N–H and O–H groups in total. The average Bonchev–Trinajstić information content (AvgIpc) is 3.40. The minimum Gasteiger partial charge on any atom is -0.331 e. The van der Waals surface area contributed by atoms with Gasteiger partial charge in [-0.2, -0.15) is 5.10 Å². The van der Waals surface area contributed by atoms with Crippen molar-refractivity contribution in [1.29, 1.82) is 0 Å². The maximum atomic E-state index is 12.6. The van der Waals surface area contributed by atoms with Crippen molar-refractivity contribution in [3.8, 4) is 11.3 Å². The van der Waals surface area contributed by atoms with Crippen molar-refractivity contribution in [2.24, 2.45) is 7.05 Å². The number of carbonyl (C=O) groups is 1. The van der Waals surface area contributed by atoms with Gasteiger partial charge in [-0.1, -0.05) is 6.07 Å². The molecule has 5 rings (SSSR count). The summed E-state index contributed by atoms with van der Waals surface area (Å²) in [5.74, 6) is 0. The summed E-state index contributed by atoms with van der Waals surface area (Å²) in [7, 11) is 1.91. The lowest BCUT2D eigenvalue weighted by atomic mass is 10.2. The zero-order valence-corrected chi connectivity index (χ0v) is 19.8. The quantitative estimate of drug-likeness (QED) is 0.289. The van der Waals surface area contributed by atoms with Gasteiger partial charge >= 0.3 is 6.03 Å². The Morgan fingerprint density at radius 3 is 2.62 bits per heavy atom. The molecule has 0 unspecified atom stereocenters. The summed E-state index contributed by atoms with van der Waals surface area (Å²) >= 11 is 1.52. The smallest absolute Gasteiger partial charge is 0.323 e. The van der Waals surface area contributed by atoms with Crippen molar-refractivity contribution in [2.45, 2.75) is 13.8 Å². The van der Waals surface area contributed by atoms with E-state index in [4.69, 9.17) is 0 Å². The van der Waals surface area contributed by atoms with Gasteiger partial charge < -0.3 is 16.0 Å². The summed E-state index contributed by atoms with van der Waals surface area (Å²) in [4.78, 5) is 21.4. The molecule has 0 aliphatic heterocycles. The van der Waals surface area contributed by atoms with Crippen LogP contribution in [0, 0.1) is 13.8 Å². The number of pyridine rings is 1. The Labute approximate surface area is 200 Å². The number of amides is 2. The van der Waals surface area contributed by atoms with Crippen LogP contribution in [0.3, 0.4) is 0 Å². The molecule has 0 saturated carbocycles. The Kier molecular flexibility index (Phi) is 5.69. The number of thiazole rings is 1. The lowest BCUT2D eigenvalue weighted by Crippen LogP contribution is -2.19. The minimum atomic E-state index is -0.324. The van der Waals surface area contributed by atoms with Gasteiger partial charge in [-0.05, 0) is 61.9 Å². The van der Waals surface area contributed by atoms with Crippen molar-refractivity contribution in [3.63, 3.8) is 0 Å². The van der Waals surface area contributed by atoms with Crippen LogP contribution in [-0.4, -0.2) is 25.8 Å². The number of fused-ring (bicyclic) bond motifs is 1. The van der Waals surface area contributed by atoms with Crippen LogP contribution in [0.2, 0.25) is 0 Å². The van der Waals surface area contributed by atoms with E-state index in [0.717, 1.165) is 44.2 Å². The van der Waals surface area contributed by atoms with Crippen LogP contribution in [0.25, 0.3) is 22.2 Å². The fourth-order valence-electron chi connectivity index (χ4n) is 3.63. The highest BCUT2D eigenvalue weighted by molar-refractivity contribution is 7.14. The number of anilines is 4. The molecule has 170 valence electrons. The molecule has 3 heterocycles. The average molecular weight is 470 g/mol. The van der Waals surface area contributed by atoms with Gasteiger partial charge in [-0.3, -0.25) is 9.67 Å². The van der Waals surface area contributed by atoms with Gasteiger partial charge in [-0.15, -0.1) is 11.3 Å². The third kappa shape index (κ3) is 4.46. The normalized spacial score (nSPS) is 10.9. The second-order valence-corrected chi connectivity index (χ2v) is 8.81. The maximum absolute atomic E-state index is 12.6. The van der Waals surface area contributed by atoms with E-state index in [1.54, 1.807) is 12.4 Å². The maximum Gasteiger partial charge on any atom is 0.323 e. The van der Waals surface area contributed by atoms with E-state index in [1.807, 2.05) is 79.5 Å². The molecule has 0 spiro atoms. The molecule has 0 radical (unpaired) electrons. The monoisotopic (exact) mass is 469 g/mol. The molecule has 9 heteroatoms. The molecule has 2 aromatic carbocycles. The molecule has 2 amide bonds. The highest BCUT2D eigenvalue weighted by Gasteiger charge is 2.10. The number of nitrogens with zero attached hydrogens (tertiary/aromatic N) is 4. The van der Waals surface area contributed by atoms with Crippen LogP contribution in [0.1, 0.15) is 11.3 Å². The van der Waals surface area contributed by atoms with E-state index >= 15 is 0 Å². The zero-order chi connectivity index (χ0) is 23.7. The number of benzene rings is 2. The SMILES string of the molecule is Cc1ccc(NC(=O)Nc2ccc3c(C)n(C)nc3c2)cc1Nc1nc(-c2cccnc2)cs1. The highest BCUT2D eigenvalue weighted by atomic mass is 32.1. The predicted molar refractivity (Wildman–Crippen MR) is 138 cm³/mol. The van der Waals surface area contributed by atoms with Crippen molar-refractivity contribution in [2.75, 3.05) is 16.0 Å². The first-order chi connectivity index (χ1) is 16.5. The number of hydrogen-bond acceptors (Lipinski definition) is 6. The van der Waals surface area contributed by atoms with Gasteiger partial charge in [0.15, 0.2) is 5.13 Å². The van der Waals surface area contributed by atoms with Crippen LogP contribution < -0.4 is 16.0 Å². The number of aryl methyl sites for hydroxylation is 3. The third-order valence-electron chi connectivity index (χ3n) is 5.59. The number of aromatic nitrogens is 4. The number of rotatable bonds is 5. The summed E-state index contributed by atoms with van der Waals surface area (Å²) in [6, 6.07) is 15.0. The van der Waals surface area contributed by atoms with Crippen molar-refractivity contribution in [1.82, 2.24) is 19.7 Å². The van der Waals surface area contributed by atoms with Crippen LogP contribution in [0.15, 0.2) is 66.3 Å². The Morgan fingerprint density at radius 2 is 1.82 bits per heavy atom. The lowest BCUT2D eigenvalue weighted by Gasteiger charge is -2.12. The van der Waals surface area contributed by atoms with Gasteiger partial charge in [0.2, 0.25) is 0 Å². The first kappa shape index (κ1) is 21.6. The van der Waals surface area contributed by atoms with Crippen LogP contribution in [0.5, 0.6) is 0 Å². The van der Waals surface area contributed by atoms with Gasteiger partial charge in [0.05, 0.1) is 11.2 Å². The summed E-state index contributed by atoms with van der Waals surface area (Å²) in [5.41, 5.74) is 7.02. The second-order valence-electron chi connectivity index (χ2n) is 7.95. The predicted octanol–water partition coefficient (Wildman–Crippen LogP) is 6.10. The summed E-state index contributed by atoms with van der Waals surface area (Å²) < 4.78 is 1.83. The molecule has 0 aliphatic rings. The standard InChI is InChI=1S/C25H23N7OS/c1-15-6-7-18(11-21(15)29-25-30-23(14-34-25)17-5-4-10-26-13-17)27-24(33)28-19-8-9-20-16(2)32(3)31-22(20)12-19/h4-14H,1-3H3,(H,29,30)(H2,27,28,33). The largest absolute Gasteiger partial charge is 0.331 e. The van der Waals surface area contributed by atoms with Gasteiger partial charge in [0.1, 0.15) is 0 Å². The van der Waals surface area contributed by atoms with E-state index in [-0.39, 0.29) is 6.03 Å². The number of hydrogen-bond donors (Lipinski definition) is 3. The second kappa shape index (κ2) is 8.95. The van der Waals surface area contributed by atoms with Crippen molar-refractivity contribution < 1.29 is 4.79 Å². The molecule has 0 saturated heterocycles. The highest BCUT2D eigenvalue weighted by Crippen LogP contribution is 2.29. The van der Waals surface area contributed by atoms with Crippen LogP contribution in [-0.2, 0) is 7.05 Å². The summed E-state index contributed by atoms with van der Waals surface area (Å²) in [6.45, 7) is 4.02. The minimum absolute atomic E-state index is 0.324. The Balaban J connectivity index is 1.28. The molecule has 0 fully saturated rings. The molecule has 0 bridgehead atoms. The van der Waals surface area contributed by atoms with Gasteiger partial charge in [0.25, 0.3) is 0 Å². The van der Waals surface area contributed by atoms with Gasteiger partial charge in [-0.25, -0.2) is 9.78 Å². The van der Waals surface area contributed by atoms with Gasteiger partial charge in [0, 0.05) is 58.5 Å². The Bertz CT molecular complexity index is 1490. The topological polar surface area (TPSA) is 96.8 Å². The third-order valence-corrected chi connectivity index (χ3v) is 6.34. The van der Waals surface area contributed by atoms with Crippen molar-refractivity contribution in [3.05, 3.63) is 77.6 Å². The van der Waals surface area contributed by atoms with Crippen molar-refractivity contribution >= 4 is 50.5 Å². The van der Waals surface area contributed by atoms with Crippen LogP contribution in [0.4, 0.5) is 27.0 Å². The first-order valence-electron chi connectivity index (χ1n) is 10.7. The molecular weight excluding hydrogens is 446 g/mol. The fourth-order valence-corrected chi connectivity index (χ4v) is 4.36. The molecule has 34 heavy (non-hydrogen) atoms. The van der Waals surface area contributed by atoms with Crippen LogP contribution >= 0.6 is 11.3 Å². The number of nitrogens with one attached hydrogen (secondary N) is 3. The van der Waals surface area contributed by atoms with E-state index in [0.29, 0.717) is 11.4 Å². The lowest BCUT2D eigenvalue weighted by molar-refractivity contribution is 0.262. The van der Waals surface area contributed by atoms with E-state index in [2.05, 4.69) is 31.0 Å². The summed E-state index contributed by atoms with van der Waals surface area (Å²) in [5, 5.41) is 17.4. The van der Waals surface area contributed by atoms with E-state index in [9.17, 15) is 4.79 Å². The Hall–Kier alpha value is -4.24. The molecule has 8 nitrogen and oxygen atoms in total. The molecule has 5 aromatic rings. The fraction of sp³-hybridized carbons (Fsp3) is 0.120. The zero-order valence-electron chi connectivity index (χ0n) is 19.0. The molecule has 0 atom stereocenters. The Morgan fingerprint density at radius 1 is 1.03 bits per heavy atom. The number of carbonyl (C=O) groups excluding carboxylic acids is 1. The molecular formula is C25H23N7OS. The summed E-state index contributed by atoms with van der Waals surface area (Å²) in [6.07, 6.45) is 3.53. The van der Waals surface area contributed by atoms with E-state index < -0.39 is 0 Å². The number of urea groups is 1. The first-order valence-corrected chi connectivity index (χ1v) is 11.6. The van der Waals surface area contributed by atoms with E-state index in [1.165, 1.54) is 11.3 Å². The molecule has 3 aromatic heterocycles. The molecule has 0 aliphatic carbocycles.